The Bertz CT molecular complexity index is 521. The van der Waals surface area contributed by atoms with Gasteiger partial charge in [0.1, 0.15) is 0 Å². The number of nitrogens with one attached hydrogen (secondary N) is 1. The van der Waals surface area contributed by atoms with Gasteiger partial charge in [0.05, 0.1) is 0 Å². The van der Waals surface area contributed by atoms with Crippen molar-refractivity contribution in [3.63, 3.8) is 0 Å². The second kappa shape index (κ2) is 10.8. The van der Waals surface area contributed by atoms with Crippen molar-refractivity contribution < 1.29 is 14.6 Å². The number of phenols is 1. The number of esters is 1. The topological polar surface area (TPSA) is 61.8 Å². The summed E-state index contributed by atoms with van der Waals surface area (Å²) in [7, 11) is 0. The summed E-state index contributed by atoms with van der Waals surface area (Å²) >= 11 is 0. The van der Waals surface area contributed by atoms with E-state index in [-0.39, 0.29) is 42.4 Å². The van der Waals surface area contributed by atoms with Crippen LogP contribution >= 0.6 is 24.8 Å². The molecule has 1 aromatic carbocycles. The van der Waals surface area contributed by atoms with Crippen molar-refractivity contribution in [1.82, 2.24) is 10.2 Å². The zero-order valence-corrected chi connectivity index (χ0v) is 16.1. The van der Waals surface area contributed by atoms with Crippen LogP contribution in [-0.4, -0.2) is 42.2 Å². The number of rotatable bonds is 5. The molecule has 1 aliphatic heterocycles. The van der Waals surface area contributed by atoms with Crippen LogP contribution in [-0.2, 0) is 4.79 Å². The third-order valence-electron chi connectivity index (χ3n) is 3.91. The molecular formula is C17H28Cl2N2O3. The van der Waals surface area contributed by atoms with Gasteiger partial charge < -0.3 is 15.2 Å². The van der Waals surface area contributed by atoms with Crippen LogP contribution in [0.5, 0.6) is 11.5 Å². The maximum absolute atomic E-state index is 11.0. The lowest BCUT2D eigenvalue weighted by Crippen LogP contribution is -2.45. The van der Waals surface area contributed by atoms with E-state index in [4.69, 9.17) is 4.74 Å². The maximum atomic E-state index is 11.0. The lowest BCUT2D eigenvalue weighted by Gasteiger charge is -2.36. The predicted octanol–water partition coefficient (Wildman–Crippen LogP) is 3.15. The van der Waals surface area contributed by atoms with E-state index >= 15 is 0 Å². The molecular weight excluding hydrogens is 351 g/mol. The smallest absolute Gasteiger partial charge is 0.308 e. The summed E-state index contributed by atoms with van der Waals surface area (Å²) < 4.78 is 4.99. The van der Waals surface area contributed by atoms with Gasteiger partial charge >= 0.3 is 5.97 Å². The Kier molecular flexibility index (Phi) is 10.3. The van der Waals surface area contributed by atoms with Crippen molar-refractivity contribution in [3.8, 4) is 11.5 Å². The van der Waals surface area contributed by atoms with Crippen molar-refractivity contribution in [3.05, 3.63) is 23.8 Å². The average molecular weight is 379 g/mol. The predicted molar refractivity (Wildman–Crippen MR) is 101 cm³/mol. The largest absolute Gasteiger partial charge is 0.504 e. The Balaban J connectivity index is 0.00000264. The monoisotopic (exact) mass is 378 g/mol. The molecule has 1 atom stereocenters. The van der Waals surface area contributed by atoms with Crippen LogP contribution in [0.1, 0.15) is 38.8 Å². The minimum atomic E-state index is -0.427. The lowest BCUT2D eigenvalue weighted by atomic mass is 9.94. The Morgan fingerprint density at radius 2 is 1.92 bits per heavy atom. The van der Waals surface area contributed by atoms with Crippen molar-refractivity contribution in [2.45, 2.75) is 33.2 Å². The number of hydrogen-bond acceptors (Lipinski definition) is 5. The fraction of sp³-hybridized carbons (Fsp3) is 0.588. The number of aromatic hydroxyl groups is 1. The molecule has 24 heavy (non-hydrogen) atoms. The van der Waals surface area contributed by atoms with E-state index in [1.807, 2.05) is 6.07 Å². The molecule has 0 aromatic heterocycles. The van der Waals surface area contributed by atoms with Crippen molar-refractivity contribution in [1.29, 1.82) is 0 Å². The molecule has 1 aromatic rings. The molecule has 0 spiro atoms. The first-order chi connectivity index (χ1) is 10.5. The fourth-order valence-electron chi connectivity index (χ4n) is 2.92. The molecule has 1 fully saturated rings. The molecule has 1 aliphatic rings. The van der Waals surface area contributed by atoms with Gasteiger partial charge in [0.2, 0.25) is 0 Å². The van der Waals surface area contributed by atoms with Gasteiger partial charge in [-0.25, -0.2) is 0 Å². The number of carbonyl (C=O) groups excluding carboxylic acids is 1. The number of phenolic OH excluding ortho intramolecular Hbond substituents is 1. The van der Waals surface area contributed by atoms with Crippen LogP contribution in [0, 0.1) is 5.92 Å². The highest BCUT2D eigenvalue weighted by Gasteiger charge is 2.24. The van der Waals surface area contributed by atoms with Crippen molar-refractivity contribution >= 4 is 30.8 Å². The minimum Gasteiger partial charge on any atom is -0.504 e. The summed E-state index contributed by atoms with van der Waals surface area (Å²) in [4.78, 5) is 13.5. The molecule has 7 heteroatoms. The number of piperazine rings is 1. The summed E-state index contributed by atoms with van der Waals surface area (Å²) in [6.07, 6.45) is 1.03. The number of ether oxygens (including phenoxy) is 1. The van der Waals surface area contributed by atoms with Crippen LogP contribution in [0.2, 0.25) is 0 Å². The van der Waals surface area contributed by atoms with E-state index in [0.29, 0.717) is 5.92 Å². The molecule has 1 saturated heterocycles. The van der Waals surface area contributed by atoms with Gasteiger partial charge in [0.25, 0.3) is 0 Å². The molecule has 138 valence electrons. The standard InChI is InChI=1S/C17H26N2O3.2ClH/c1-12(2)10-15(19-8-6-18-7-9-19)14-4-5-17(16(21)11-14)22-13(3)20;;/h4-5,11-12,15,18,21H,6-10H2,1-3H3;2*1H/t15-;;/m0../s1. The van der Waals surface area contributed by atoms with Crippen molar-refractivity contribution in [2.75, 3.05) is 26.2 Å². The van der Waals surface area contributed by atoms with Crippen LogP contribution in [0.3, 0.4) is 0 Å². The van der Waals surface area contributed by atoms with E-state index in [1.165, 1.54) is 6.92 Å². The first-order valence-corrected chi connectivity index (χ1v) is 7.93. The van der Waals surface area contributed by atoms with E-state index in [2.05, 4.69) is 24.1 Å². The fourth-order valence-corrected chi connectivity index (χ4v) is 2.92. The SMILES string of the molecule is CC(=O)Oc1ccc([C@H](CC(C)C)N2CCNCC2)cc1O.Cl.Cl. The molecule has 0 bridgehead atoms. The summed E-state index contributed by atoms with van der Waals surface area (Å²) in [6.45, 7) is 9.74. The molecule has 0 unspecified atom stereocenters. The van der Waals surface area contributed by atoms with Gasteiger partial charge in [-0.2, -0.15) is 0 Å². The van der Waals surface area contributed by atoms with E-state index in [0.717, 1.165) is 38.2 Å². The number of nitrogens with zero attached hydrogens (tertiary/aromatic N) is 1. The Hall–Kier alpha value is -1.01. The van der Waals surface area contributed by atoms with Gasteiger partial charge in [-0.3, -0.25) is 9.69 Å². The molecule has 0 radical (unpaired) electrons. The number of halogens is 2. The number of hydrogen-bond donors (Lipinski definition) is 2. The third kappa shape index (κ3) is 6.48. The highest BCUT2D eigenvalue weighted by molar-refractivity contribution is 5.85. The number of benzene rings is 1. The van der Waals surface area contributed by atoms with Crippen LogP contribution in [0.15, 0.2) is 18.2 Å². The van der Waals surface area contributed by atoms with Gasteiger partial charge in [-0.05, 0) is 30.0 Å². The zero-order valence-electron chi connectivity index (χ0n) is 14.4. The maximum Gasteiger partial charge on any atom is 0.308 e. The molecule has 2 N–H and O–H groups in total. The van der Waals surface area contributed by atoms with Gasteiger partial charge in [-0.1, -0.05) is 19.9 Å². The summed E-state index contributed by atoms with van der Waals surface area (Å²) in [6, 6.07) is 5.64. The molecule has 0 saturated carbocycles. The molecule has 5 nitrogen and oxygen atoms in total. The zero-order chi connectivity index (χ0) is 16.1. The summed E-state index contributed by atoms with van der Waals surface area (Å²) in [5.41, 5.74) is 1.07. The van der Waals surface area contributed by atoms with Gasteiger partial charge in [0, 0.05) is 39.1 Å². The second-order valence-electron chi connectivity index (χ2n) is 6.25. The Morgan fingerprint density at radius 3 is 2.42 bits per heavy atom. The Labute approximate surface area is 156 Å². The normalized spacial score (nSPS) is 16.0. The molecule has 0 aliphatic carbocycles. The van der Waals surface area contributed by atoms with E-state index in [9.17, 15) is 9.90 Å². The van der Waals surface area contributed by atoms with Gasteiger partial charge in [0.15, 0.2) is 11.5 Å². The van der Waals surface area contributed by atoms with Crippen LogP contribution < -0.4 is 10.1 Å². The Morgan fingerprint density at radius 1 is 1.29 bits per heavy atom. The summed E-state index contributed by atoms with van der Waals surface area (Å²) in [5, 5.41) is 13.5. The summed E-state index contributed by atoms with van der Waals surface area (Å²) in [5.74, 6) is 0.385. The van der Waals surface area contributed by atoms with Crippen LogP contribution in [0.4, 0.5) is 0 Å². The minimum absolute atomic E-state index is 0. The number of carbonyl (C=O) groups is 1. The first-order valence-electron chi connectivity index (χ1n) is 7.93. The van der Waals surface area contributed by atoms with E-state index in [1.54, 1.807) is 12.1 Å². The molecule has 2 rings (SSSR count). The highest BCUT2D eigenvalue weighted by Crippen LogP contribution is 2.34. The molecule has 1 heterocycles. The molecule has 0 amide bonds. The average Bonchev–Trinajstić information content (AvgIpc) is 2.47. The van der Waals surface area contributed by atoms with Crippen LogP contribution in [0.25, 0.3) is 0 Å². The van der Waals surface area contributed by atoms with Gasteiger partial charge in [-0.15, -0.1) is 24.8 Å². The quantitative estimate of drug-likeness (QED) is 0.608. The highest BCUT2D eigenvalue weighted by atomic mass is 35.5. The second-order valence-corrected chi connectivity index (χ2v) is 6.25. The van der Waals surface area contributed by atoms with Crippen molar-refractivity contribution in [2.24, 2.45) is 5.92 Å². The first kappa shape index (κ1) is 23.0. The van der Waals surface area contributed by atoms with E-state index < -0.39 is 5.97 Å². The third-order valence-corrected chi connectivity index (χ3v) is 3.91. The lowest BCUT2D eigenvalue weighted by molar-refractivity contribution is -0.132.